The molecule has 23 heteroatoms. The molecular weight excluding hydrogens is 1260 g/mol. The van der Waals surface area contributed by atoms with E-state index in [1.54, 1.807) is 24.3 Å². The van der Waals surface area contributed by atoms with Crippen LogP contribution in [-0.4, -0.2) is 66.9 Å². The van der Waals surface area contributed by atoms with Crippen LogP contribution in [0.5, 0.6) is 5.75 Å². The highest BCUT2D eigenvalue weighted by Crippen LogP contribution is 2.52. The molecule has 93 heavy (non-hydrogen) atoms. The number of fused-ring (bicyclic) bond motifs is 6. The zero-order chi connectivity index (χ0) is 66.2. The Hall–Kier alpha value is -8.19. The van der Waals surface area contributed by atoms with E-state index in [-0.39, 0.29) is 23.1 Å². The average molecular weight is 1330 g/mol. The Morgan fingerprint density at radius 2 is 1.35 bits per heavy atom. The molecule has 2 unspecified atom stereocenters. The summed E-state index contributed by atoms with van der Waals surface area (Å²) in [5.74, 6) is 0.522. The van der Waals surface area contributed by atoms with Gasteiger partial charge in [-0.3, -0.25) is 10.1 Å². The number of benzene rings is 8. The Kier molecular flexibility index (Phi) is 21.1. The van der Waals surface area contributed by atoms with E-state index in [2.05, 4.69) is 127 Å². The maximum atomic E-state index is 12.2. The standard InChI is InChI=1S/C57H59N3O12S4.C13H12N3O/c1-37(73-71-69-61)31-33-58-49-27-19-41-35-45(74-72-70-62)23-25-47(41)53(49)56(3,4)51(58)29-21-39-17-18-40(55(39)60(43-13-9-7-10-14-43)44-15-11-8-12-16-44)22-30-52-57(5,6)54-48-26-24-46(76(66,67)68)36-42(48)20-28-50(54)59(52)34-32-38(2)75(63,64)65;1-17-13-9-11(7-8-12(13)16-14)15-10-5-3-2-4-6-10/h7-16,19-30,35-38H,17-18,31-34H2,1-6H3,(H3-,61,62,63,64,65,66,67,68);2-9,15H,1H3/q;+1/p-3. The summed E-state index contributed by atoms with van der Waals surface area (Å²) in [5.41, 5.74) is 11.7. The van der Waals surface area contributed by atoms with Gasteiger partial charge in [-0.2, -0.15) is 13.2 Å². The molecule has 0 radical (unpaired) electrons. The minimum Gasteiger partial charge on any atom is -0.748 e. The quantitative estimate of drug-likeness (QED) is 0.0156. The van der Waals surface area contributed by atoms with Gasteiger partial charge in [-0.05, 0) is 163 Å². The van der Waals surface area contributed by atoms with Crippen molar-refractivity contribution >= 4 is 111 Å². The maximum absolute atomic E-state index is 12.2. The van der Waals surface area contributed by atoms with E-state index in [0.717, 1.165) is 114 Å². The third kappa shape index (κ3) is 14.9. The number of rotatable bonds is 23. The van der Waals surface area contributed by atoms with Crippen LogP contribution in [-0.2, 0) is 49.8 Å². The maximum Gasteiger partial charge on any atom is 0.426 e. The Labute approximate surface area is 550 Å². The van der Waals surface area contributed by atoms with Gasteiger partial charge in [0, 0.05) is 110 Å². The Bertz CT molecular complexity index is 4480. The summed E-state index contributed by atoms with van der Waals surface area (Å²) < 4.78 is 89.9. The monoisotopic (exact) mass is 1330 g/mol. The first kappa shape index (κ1) is 67.7. The first-order valence-corrected chi connectivity index (χ1v) is 34.3. The fourth-order valence-electron chi connectivity index (χ4n) is 12.6. The molecule has 8 aromatic rings. The highest BCUT2D eigenvalue weighted by atomic mass is 32.2. The normalized spacial score (nSPS) is 16.6. The summed E-state index contributed by atoms with van der Waals surface area (Å²) >= 11 is 1.81. The predicted molar refractivity (Wildman–Crippen MR) is 359 cm³/mol. The van der Waals surface area contributed by atoms with E-state index in [9.17, 15) is 36.5 Å². The van der Waals surface area contributed by atoms with Gasteiger partial charge in [0.2, 0.25) is 16.8 Å². The topological polar surface area (TPSA) is 256 Å². The smallest absolute Gasteiger partial charge is 0.426 e. The highest BCUT2D eigenvalue weighted by Gasteiger charge is 2.46. The second kappa shape index (κ2) is 29.0. The van der Waals surface area contributed by atoms with Crippen molar-refractivity contribution in [1.82, 2.24) is 0 Å². The summed E-state index contributed by atoms with van der Waals surface area (Å²) in [6, 6.07) is 53.5. The van der Waals surface area contributed by atoms with Crippen molar-refractivity contribution in [3.8, 4) is 5.75 Å². The van der Waals surface area contributed by atoms with Gasteiger partial charge in [0.05, 0.1) is 45.3 Å². The van der Waals surface area contributed by atoms with Crippen molar-refractivity contribution in [2.24, 2.45) is 0 Å². The molecule has 2 atom stereocenters. The summed E-state index contributed by atoms with van der Waals surface area (Å²) in [5, 5.41) is 42.8. The molecule has 0 spiro atoms. The van der Waals surface area contributed by atoms with Gasteiger partial charge in [-0.25, -0.2) is 16.8 Å². The Morgan fingerprint density at radius 3 is 2.00 bits per heavy atom. The van der Waals surface area contributed by atoms with Crippen molar-refractivity contribution in [2.45, 2.75) is 98.3 Å². The molecule has 3 aliphatic rings. The molecule has 0 aromatic heterocycles. The van der Waals surface area contributed by atoms with Gasteiger partial charge in [-0.15, -0.1) is 0 Å². The molecule has 0 bridgehead atoms. The SMILES string of the molecule is CC(CC[N+]1=C(/C=C/C2=C(N(c3ccccc3)c3ccccc3)C(=C/C=C3/N(CCC(C)S(=O)(=O)[O-])c4ccc5cc(S(=O)(=O)[O-])ccc5c4C3(C)C)/CC2)C(C)(C)c2c1ccc1cc(SOO[O-])ccc21)SOO[O-].COc1cc(Nc2ccccc2)ccc1[N+]#N. The van der Waals surface area contributed by atoms with Gasteiger partial charge >= 0.3 is 5.69 Å². The molecule has 0 saturated heterocycles. The van der Waals surface area contributed by atoms with Crippen LogP contribution in [0.3, 0.4) is 0 Å². The van der Waals surface area contributed by atoms with E-state index in [0.29, 0.717) is 47.5 Å². The molecule has 1 aliphatic carbocycles. The number of para-hydroxylation sites is 3. The van der Waals surface area contributed by atoms with Crippen LogP contribution < -0.4 is 30.4 Å². The van der Waals surface area contributed by atoms with Crippen molar-refractivity contribution in [2.75, 3.05) is 35.3 Å². The van der Waals surface area contributed by atoms with Crippen LogP contribution in [0, 0.1) is 5.39 Å². The number of anilines is 5. The highest BCUT2D eigenvalue weighted by molar-refractivity contribution is 7.95. The van der Waals surface area contributed by atoms with E-state index in [1.807, 2.05) is 104 Å². The molecule has 11 rings (SSSR count). The fourth-order valence-corrected chi connectivity index (χ4v) is 14.2. The summed E-state index contributed by atoms with van der Waals surface area (Å²) in [6.07, 6.45) is 10.7. The van der Waals surface area contributed by atoms with E-state index in [4.69, 9.17) is 14.5 Å². The number of hydrogen-bond donors (Lipinski definition) is 1. The zero-order valence-electron chi connectivity index (χ0n) is 52.0. The number of diazo groups is 1. The number of nitrogens with one attached hydrogen (secondary N) is 1. The second-order valence-corrected chi connectivity index (χ2v) is 28.7. The molecule has 19 nitrogen and oxygen atoms in total. The molecule has 1 N–H and O–H groups in total. The number of methoxy groups -OCH3 is 1. The van der Waals surface area contributed by atoms with E-state index < -0.39 is 36.3 Å². The van der Waals surface area contributed by atoms with Crippen LogP contribution in [0.25, 0.3) is 26.5 Å². The lowest BCUT2D eigenvalue weighted by molar-refractivity contribution is -0.777. The van der Waals surface area contributed by atoms with Gasteiger partial charge in [0.15, 0.2) is 17.2 Å². The van der Waals surface area contributed by atoms with Crippen LogP contribution in [0.2, 0.25) is 0 Å². The second-order valence-electron chi connectivity index (χ2n) is 23.7. The zero-order valence-corrected chi connectivity index (χ0v) is 55.3. The summed E-state index contributed by atoms with van der Waals surface area (Å²) in [4.78, 5) is 7.83. The number of hydrogen-bond acceptors (Lipinski definition) is 19. The number of nitrogens with zero attached hydrogens (tertiary/aromatic N) is 5. The lowest BCUT2D eigenvalue weighted by Crippen LogP contribution is -2.30. The van der Waals surface area contributed by atoms with Gasteiger partial charge in [0.1, 0.15) is 10.1 Å². The lowest BCUT2D eigenvalue weighted by Gasteiger charge is -2.30. The number of allylic oxidation sites excluding steroid dienone is 7. The van der Waals surface area contributed by atoms with Crippen LogP contribution in [0.1, 0.15) is 78.4 Å². The molecule has 2 aliphatic heterocycles. The van der Waals surface area contributed by atoms with Crippen LogP contribution >= 0.6 is 24.1 Å². The predicted octanol–water partition coefficient (Wildman–Crippen LogP) is 14.5. The summed E-state index contributed by atoms with van der Waals surface area (Å²) in [7, 11) is -7.79. The molecule has 0 amide bonds. The third-order valence-electron chi connectivity index (χ3n) is 17.1. The van der Waals surface area contributed by atoms with E-state index >= 15 is 0 Å². The molecule has 482 valence electrons. The molecule has 0 fully saturated rings. The molecule has 8 aromatic carbocycles. The Balaban J connectivity index is 0.000000480. The summed E-state index contributed by atoms with van der Waals surface area (Å²) in [6.45, 7) is 12.7. The van der Waals surface area contributed by atoms with Crippen LogP contribution in [0.15, 0.2) is 226 Å². The van der Waals surface area contributed by atoms with E-state index in [1.165, 1.54) is 26.2 Å². The van der Waals surface area contributed by atoms with Crippen molar-refractivity contribution in [3.05, 3.63) is 233 Å². The van der Waals surface area contributed by atoms with Crippen molar-refractivity contribution < 1.29 is 64.5 Å². The first-order valence-electron chi connectivity index (χ1n) is 29.9. The first-order chi connectivity index (χ1) is 44.6. The minimum atomic E-state index is -4.73. The largest absolute Gasteiger partial charge is 0.748 e. The molecular formula is C70H68N6O13S4-2. The number of ether oxygens (including phenoxy) is 1. The van der Waals surface area contributed by atoms with Gasteiger partial charge in [-0.1, -0.05) is 106 Å². The van der Waals surface area contributed by atoms with Crippen molar-refractivity contribution in [1.29, 1.82) is 5.39 Å². The minimum absolute atomic E-state index is 0.0511. The lowest BCUT2D eigenvalue weighted by atomic mass is 9.79. The fraction of sp³-hybridized carbons (Fsp3) is 0.243. The molecule has 2 heterocycles. The Morgan fingerprint density at radius 1 is 0.710 bits per heavy atom. The third-order valence-corrected chi connectivity index (χ3v) is 20.4. The van der Waals surface area contributed by atoms with Gasteiger partial charge in [0.25, 0.3) is 0 Å². The average Bonchev–Trinajstić information content (AvgIpc) is 1.59. The molecule has 0 saturated carbocycles. The van der Waals surface area contributed by atoms with Crippen LogP contribution in [0.4, 0.5) is 39.8 Å². The van der Waals surface area contributed by atoms with Crippen molar-refractivity contribution in [3.63, 3.8) is 0 Å². The van der Waals surface area contributed by atoms with Gasteiger partial charge < -0.3 is 39.5 Å².